The maximum atomic E-state index is 14.1. The van der Waals surface area contributed by atoms with E-state index < -0.39 is 0 Å². The third kappa shape index (κ3) is 3.73. The predicted molar refractivity (Wildman–Crippen MR) is 95.4 cm³/mol. The first-order chi connectivity index (χ1) is 11.7. The summed E-state index contributed by atoms with van der Waals surface area (Å²) in [6.07, 6.45) is 2.11. The summed E-state index contributed by atoms with van der Waals surface area (Å²) < 4.78 is 19.3. The lowest BCUT2D eigenvalue weighted by Gasteiger charge is -2.29. The van der Waals surface area contributed by atoms with Gasteiger partial charge in [0.1, 0.15) is 11.6 Å². The number of amides is 1. The minimum atomic E-state index is -0.302. The molecule has 1 amide bonds. The predicted octanol–water partition coefficient (Wildman–Crippen LogP) is 4.30. The molecule has 0 unspecified atom stereocenters. The summed E-state index contributed by atoms with van der Waals surface area (Å²) in [7, 11) is 1.64. The van der Waals surface area contributed by atoms with Crippen LogP contribution in [-0.4, -0.2) is 25.3 Å². The van der Waals surface area contributed by atoms with E-state index >= 15 is 0 Å². The number of carbonyl (C=O) groups excluding carboxylic acids is 1. The Balaban J connectivity index is 1.60. The molecule has 0 fully saturated rings. The van der Waals surface area contributed by atoms with E-state index in [1.165, 1.54) is 6.07 Å². The van der Waals surface area contributed by atoms with Crippen molar-refractivity contribution < 1.29 is 13.9 Å². The smallest absolute Gasteiger partial charge is 0.227 e. The summed E-state index contributed by atoms with van der Waals surface area (Å²) in [5, 5.41) is 0. The molecule has 1 aliphatic rings. The van der Waals surface area contributed by atoms with Crippen LogP contribution >= 0.6 is 11.8 Å². The van der Waals surface area contributed by atoms with E-state index in [0.717, 1.165) is 29.1 Å². The van der Waals surface area contributed by atoms with Crippen LogP contribution in [0.4, 0.5) is 10.1 Å². The lowest BCUT2D eigenvalue weighted by molar-refractivity contribution is -0.118. The van der Waals surface area contributed by atoms with Crippen LogP contribution in [0.2, 0.25) is 0 Å². The lowest BCUT2D eigenvalue weighted by Crippen LogP contribution is -2.36. The van der Waals surface area contributed by atoms with Crippen LogP contribution in [0.1, 0.15) is 18.4 Å². The lowest BCUT2D eigenvalue weighted by atomic mass is 10.0. The summed E-state index contributed by atoms with van der Waals surface area (Å²) in [5.74, 6) is 1.17. The zero-order chi connectivity index (χ0) is 16.9. The Kier molecular flexibility index (Phi) is 5.41. The van der Waals surface area contributed by atoms with Gasteiger partial charge in [0.25, 0.3) is 0 Å². The van der Waals surface area contributed by atoms with Crippen LogP contribution < -0.4 is 9.64 Å². The molecule has 0 N–H and O–H groups in total. The molecular weight excluding hydrogens is 325 g/mol. The van der Waals surface area contributed by atoms with Crippen LogP contribution in [0.3, 0.4) is 0 Å². The fraction of sp³-hybridized carbons (Fsp3) is 0.316. The third-order valence-electron chi connectivity index (χ3n) is 4.11. The van der Waals surface area contributed by atoms with E-state index in [-0.39, 0.29) is 11.7 Å². The van der Waals surface area contributed by atoms with Crippen LogP contribution in [0, 0.1) is 5.82 Å². The van der Waals surface area contributed by atoms with E-state index in [9.17, 15) is 9.18 Å². The molecule has 0 radical (unpaired) electrons. The highest BCUT2D eigenvalue weighted by atomic mass is 32.2. The number of hydrogen-bond acceptors (Lipinski definition) is 3. The first kappa shape index (κ1) is 16.8. The van der Waals surface area contributed by atoms with Gasteiger partial charge in [-0.25, -0.2) is 4.39 Å². The minimum absolute atomic E-state index is 0.0120. The van der Waals surface area contributed by atoms with Gasteiger partial charge >= 0.3 is 0 Å². The molecule has 5 heteroatoms. The Hall–Kier alpha value is -2.01. The Morgan fingerprint density at radius 2 is 2.04 bits per heavy atom. The van der Waals surface area contributed by atoms with Crippen molar-refractivity contribution in [3.8, 4) is 5.75 Å². The highest BCUT2D eigenvalue weighted by Gasteiger charge is 2.25. The van der Waals surface area contributed by atoms with Gasteiger partial charge in [-0.3, -0.25) is 4.79 Å². The van der Waals surface area contributed by atoms with Gasteiger partial charge in [0, 0.05) is 23.6 Å². The molecular formula is C19H20FNO2S. The van der Waals surface area contributed by atoms with Gasteiger partial charge in [0.2, 0.25) is 5.91 Å². The van der Waals surface area contributed by atoms with E-state index in [1.807, 2.05) is 30.3 Å². The zero-order valence-electron chi connectivity index (χ0n) is 13.6. The number of thioether (sulfide) groups is 1. The van der Waals surface area contributed by atoms with Gasteiger partial charge in [0.05, 0.1) is 12.8 Å². The second-order valence-corrected chi connectivity index (χ2v) is 6.84. The van der Waals surface area contributed by atoms with Crippen LogP contribution in [0.15, 0.2) is 47.4 Å². The van der Waals surface area contributed by atoms with Crippen molar-refractivity contribution in [1.29, 1.82) is 0 Å². The SMILES string of the molecule is COc1ccc(SCCC(=O)N2CCCc3cccc(F)c32)cc1. The monoisotopic (exact) mass is 345 g/mol. The van der Waals surface area contributed by atoms with E-state index in [4.69, 9.17) is 4.74 Å². The van der Waals surface area contributed by atoms with Crippen molar-refractivity contribution in [1.82, 2.24) is 0 Å². The van der Waals surface area contributed by atoms with Gasteiger partial charge in [-0.2, -0.15) is 0 Å². The molecule has 0 spiro atoms. The van der Waals surface area contributed by atoms with Gasteiger partial charge in [-0.1, -0.05) is 12.1 Å². The molecule has 0 saturated heterocycles. The van der Waals surface area contributed by atoms with Crippen molar-refractivity contribution in [3.05, 3.63) is 53.8 Å². The minimum Gasteiger partial charge on any atom is -0.497 e. The third-order valence-corrected chi connectivity index (χ3v) is 5.13. The summed E-state index contributed by atoms with van der Waals surface area (Å²) >= 11 is 1.62. The number of para-hydroxylation sites is 1. The molecule has 0 aromatic heterocycles. The van der Waals surface area contributed by atoms with E-state index in [0.29, 0.717) is 24.4 Å². The molecule has 0 saturated carbocycles. The van der Waals surface area contributed by atoms with Crippen LogP contribution in [0.5, 0.6) is 5.75 Å². The number of anilines is 1. The second kappa shape index (κ2) is 7.71. The first-order valence-corrected chi connectivity index (χ1v) is 9.02. The number of aryl methyl sites for hydroxylation is 1. The molecule has 0 aliphatic carbocycles. The molecule has 126 valence electrons. The fourth-order valence-electron chi connectivity index (χ4n) is 2.92. The number of halogens is 1. The summed E-state index contributed by atoms with van der Waals surface area (Å²) in [6, 6.07) is 12.8. The van der Waals surface area contributed by atoms with Gasteiger partial charge in [-0.05, 0) is 48.7 Å². The highest BCUT2D eigenvalue weighted by molar-refractivity contribution is 7.99. The maximum Gasteiger partial charge on any atom is 0.227 e. The fourth-order valence-corrected chi connectivity index (χ4v) is 3.76. The number of fused-ring (bicyclic) bond motifs is 1. The normalized spacial score (nSPS) is 13.5. The Morgan fingerprint density at radius 3 is 2.79 bits per heavy atom. The number of benzene rings is 2. The molecule has 3 nitrogen and oxygen atoms in total. The average molecular weight is 345 g/mol. The van der Waals surface area contributed by atoms with Crippen molar-refractivity contribution in [2.75, 3.05) is 24.3 Å². The number of carbonyl (C=O) groups is 1. The number of nitrogens with zero attached hydrogens (tertiary/aromatic N) is 1. The quantitative estimate of drug-likeness (QED) is 0.757. The van der Waals surface area contributed by atoms with Gasteiger partial charge in [-0.15, -0.1) is 11.8 Å². The molecule has 3 rings (SSSR count). The molecule has 24 heavy (non-hydrogen) atoms. The molecule has 1 aliphatic heterocycles. The summed E-state index contributed by atoms with van der Waals surface area (Å²) in [6.45, 7) is 0.597. The summed E-state index contributed by atoms with van der Waals surface area (Å²) in [4.78, 5) is 15.2. The Labute approximate surface area is 145 Å². The topological polar surface area (TPSA) is 29.5 Å². The Morgan fingerprint density at radius 1 is 1.25 bits per heavy atom. The molecule has 0 bridgehead atoms. The standard InChI is InChI=1S/C19H20FNO2S/c1-23-15-7-9-16(10-8-15)24-13-11-18(22)21-12-3-5-14-4-2-6-17(20)19(14)21/h2,4,6-10H,3,5,11-13H2,1H3. The number of hydrogen-bond donors (Lipinski definition) is 0. The largest absolute Gasteiger partial charge is 0.497 e. The molecule has 1 heterocycles. The van der Waals surface area contributed by atoms with Crippen molar-refractivity contribution in [2.45, 2.75) is 24.2 Å². The van der Waals surface area contributed by atoms with Crippen molar-refractivity contribution in [2.24, 2.45) is 0 Å². The molecule has 2 aromatic rings. The molecule has 2 aromatic carbocycles. The van der Waals surface area contributed by atoms with E-state index in [1.54, 1.807) is 29.8 Å². The maximum absolute atomic E-state index is 14.1. The van der Waals surface area contributed by atoms with Crippen molar-refractivity contribution >= 4 is 23.4 Å². The summed E-state index contributed by atoms with van der Waals surface area (Å²) in [5.41, 5.74) is 1.40. The first-order valence-electron chi connectivity index (χ1n) is 8.03. The number of methoxy groups -OCH3 is 1. The zero-order valence-corrected chi connectivity index (χ0v) is 14.4. The number of ether oxygens (including phenoxy) is 1. The average Bonchev–Trinajstić information content (AvgIpc) is 2.62. The van der Waals surface area contributed by atoms with E-state index in [2.05, 4.69) is 0 Å². The second-order valence-electron chi connectivity index (χ2n) is 5.67. The number of rotatable bonds is 5. The molecule has 0 atom stereocenters. The highest BCUT2D eigenvalue weighted by Crippen LogP contribution is 2.31. The van der Waals surface area contributed by atoms with Gasteiger partial charge < -0.3 is 9.64 Å². The van der Waals surface area contributed by atoms with Crippen LogP contribution in [0.25, 0.3) is 0 Å². The van der Waals surface area contributed by atoms with Gasteiger partial charge in [0.15, 0.2) is 0 Å². The van der Waals surface area contributed by atoms with Crippen molar-refractivity contribution in [3.63, 3.8) is 0 Å². The Bertz CT molecular complexity index is 718. The van der Waals surface area contributed by atoms with Crippen LogP contribution in [-0.2, 0) is 11.2 Å².